The van der Waals surface area contributed by atoms with E-state index in [1.165, 1.54) is 0 Å². The van der Waals surface area contributed by atoms with Crippen LogP contribution in [-0.2, 0) is 27.2 Å². The molecule has 1 aliphatic rings. The monoisotopic (exact) mass is 688 g/mol. The maximum atomic E-state index is 15.6. The SMILES string of the molecule is CCCc1nc(-c2cccnc2)cn2c(C(Cc3cccnc3)C(=O)N[C@@H](CC3CCCCC3)C(=O)C(F)(F)C(=O)NCCC(C)C)nnc12. The van der Waals surface area contributed by atoms with Crippen LogP contribution in [-0.4, -0.2) is 65.7 Å². The fourth-order valence-electron chi connectivity index (χ4n) is 6.50. The minimum atomic E-state index is -4.33. The van der Waals surface area contributed by atoms with Gasteiger partial charge in [-0.25, -0.2) is 4.98 Å². The van der Waals surface area contributed by atoms with Crippen molar-refractivity contribution in [2.75, 3.05) is 6.54 Å². The predicted molar refractivity (Wildman–Crippen MR) is 184 cm³/mol. The number of carbonyl (C=O) groups is 3. The lowest BCUT2D eigenvalue weighted by molar-refractivity contribution is -0.160. The summed E-state index contributed by atoms with van der Waals surface area (Å²) in [7, 11) is 0. The van der Waals surface area contributed by atoms with E-state index in [9.17, 15) is 14.4 Å². The van der Waals surface area contributed by atoms with Crippen molar-refractivity contribution in [3.05, 3.63) is 72.3 Å². The van der Waals surface area contributed by atoms with E-state index in [4.69, 9.17) is 4.98 Å². The first-order valence-corrected chi connectivity index (χ1v) is 17.6. The maximum absolute atomic E-state index is 15.6. The first-order valence-electron chi connectivity index (χ1n) is 17.6. The van der Waals surface area contributed by atoms with Crippen molar-refractivity contribution >= 4 is 23.2 Å². The van der Waals surface area contributed by atoms with E-state index in [2.05, 4.69) is 30.8 Å². The Hall–Kier alpha value is -4.68. The Balaban J connectivity index is 1.52. The summed E-state index contributed by atoms with van der Waals surface area (Å²) in [6.45, 7) is 5.86. The summed E-state index contributed by atoms with van der Waals surface area (Å²) in [6.07, 6.45) is 14.7. The number of hydrogen-bond donors (Lipinski definition) is 2. The lowest BCUT2D eigenvalue weighted by Gasteiger charge is -2.29. The number of carbonyl (C=O) groups excluding carboxylic acids is 3. The van der Waals surface area contributed by atoms with Crippen LogP contribution in [0.3, 0.4) is 0 Å². The molecule has 11 nitrogen and oxygen atoms in total. The van der Waals surface area contributed by atoms with Crippen molar-refractivity contribution in [1.29, 1.82) is 0 Å². The van der Waals surface area contributed by atoms with E-state index >= 15 is 8.78 Å². The Morgan fingerprint density at radius 2 is 1.76 bits per heavy atom. The summed E-state index contributed by atoms with van der Waals surface area (Å²) in [5.74, 6) is -8.94. The Morgan fingerprint density at radius 3 is 2.42 bits per heavy atom. The first kappa shape index (κ1) is 36.6. The van der Waals surface area contributed by atoms with Crippen molar-refractivity contribution in [2.45, 2.75) is 103 Å². The average molecular weight is 689 g/mol. The molecule has 2 N–H and O–H groups in total. The lowest BCUT2D eigenvalue weighted by Crippen LogP contribution is -2.56. The van der Waals surface area contributed by atoms with E-state index < -0.39 is 35.5 Å². The molecule has 0 radical (unpaired) electrons. The number of amides is 2. The number of aromatic nitrogens is 6. The molecule has 1 saturated carbocycles. The second kappa shape index (κ2) is 16.8. The molecule has 1 aliphatic carbocycles. The summed E-state index contributed by atoms with van der Waals surface area (Å²) in [5.41, 5.74) is 3.21. The van der Waals surface area contributed by atoms with E-state index in [1.54, 1.807) is 47.5 Å². The molecule has 0 bridgehead atoms. The Bertz CT molecular complexity index is 1740. The first-order chi connectivity index (χ1) is 24.1. The van der Waals surface area contributed by atoms with Gasteiger partial charge in [-0.3, -0.25) is 28.8 Å². The summed E-state index contributed by atoms with van der Waals surface area (Å²) in [5, 5.41) is 13.8. The Kier molecular flexibility index (Phi) is 12.3. The van der Waals surface area contributed by atoms with Crippen LogP contribution >= 0.6 is 0 Å². The van der Waals surface area contributed by atoms with Gasteiger partial charge in [-0.05, 0) is 61.3 Å². The molecular weight excluding hydrogens is 642 g/mol. The summed E-state index contributed by atoms with van der Waals surface area (Å²) < 4.78 is 32.9. The van der Waals surface area contributed by atoms with Crippen LogP contribution in [0.2, 0.25) is 0 Å². The third-order valence-corrected chi connectivity index (χ3v) is 9.25. The smallest absolute Gasteiger partial charge is 0.350 e. The van der Waals surface area contributed by atoms with Gasteiger partial charge in [0, 0.05) is 43.1 Å². The minimum absolute atomic E-state index is 0.00928. The number of rotatable bonds is 16. The van der Waals surface area contributed by atoms with Gasteiger partial charge in [-0.1, -0.05) is 65.4 Å². The molecule has 1 unspecified atom stereocenters. The van der Waals surface area contributed by atoms with Crippen molar-refractivity contribution in [1.82, 2.24) is 40.2 Å². The number of ketones is 1. The quantitative estimate of drug-likeness (QED) is 0.143. The zero-order valence-corrected chi connectivity index (χ0v) is 28.9. The second-order valence-corrected chi connectivity index (χ2v) is 13.6. The molecule has 13 heteroatoms. The second-order valence-electron chi connectivity index (χ2n) is 13.6. The van der Waals surface area contributed by atoms with Crippen LogP contribution in [0.15, 0.2) is 55.2 Å². The highest BCUT2D eigenvalue weighted by molar-refractivity contribution is 6.10. The van der Waals surface area contributed by atoms with Gasteiger partial charge in [0.05, 0.1) is 17.4 Å². The van der Waals surface area contributed by atoms with Gasteiger partial charge >= 0.3 is 5.92 Å². The molecule has 4 aromatic heterocycles. The molecule has 4 aromatic rings. The number of pyridine rings is 2. The van der Waals surface area contributed by atoms with Crippen molar-refractivity contribution in [3.63, 3.8) is 0 Å². The molecule has 0 saturated heterocycles. The van der Waals surface area contributed by atoms with Gasteiger partial charge in [0.25, 0.3) is 5.91 Å². The third-order valence-electron chi connectivity index (χ3n) is 9.25. The number of nitrogens with zero attached hydrogens (tertiary/aromatic N) is 6. The minimum Gasteiger partial charge on any atom is -0.350 e. The van der Waals surface area contributed by atoms with Gasteiger partial charge in [-0.2, -0.15) is 8.78 Å². The highest BCUT2D eigenvalue weighted by atomic mass is 19.3. The average Bonchev–Trinajstić information content (AvgIpc) is 3.55. The molecule has 4 heterocycles. The Labute approximate surface area is 291 Å². The van der Waals surface area contributed by atoms with Crippen LogP contribution in [0, 0.1) is 11.8 Å². The van der Waals surface area contributed by atoms with Crippen LogP contribution in [0.4, 0.5) is 8.78 Å². The number of aryl methyl sites for hydroxylation is 1. The van der Waals surface area contributed by atoms with Crippen molar-refractivity contribution < 1.29 is 23.2 Å². The normalized spacial score (nSPS) is 15.2. The molecule has 1 fully saturated rings. The number of hydrogen-bond acceptors (Lipinski definition) is 8. The van der Waals surface area contributed by atoms with Crippen molar-refractivity contribution in [3.8, 4) is 11.3 Å². The maximum Gasteiger partial charge on any atom is 0.383 e. The molecule has 2 atom stereocenters. The van der Waals surface area contributed by atoms with Crippen LogP contribution in [0.1, 0.15) is 95.1 Å². The molecule has 50 heavy (non-hydrogen) atoms. The van der Waals surface area contributed by atoms with E-state index in [0.717, 1.165) is 44.1 Å². The van der Waals surface area contributed by atoms with Crippen LogP contribution in [0.25, 0.3) is 16.9 Å². The van der Waals surface area contributed by atoms with Gasteiger partial charge in [0.1, 0.15) is 11.7 Å². The number of halogens is 2. The topological polar surface area (TPSA) is 144 Å². The number of fused-ring (bicyclic) bond motifs is 1. The zero-order chi connectivity index (χ0) is 35.7. The van der Waals surface area contributed by atoms with E-state index in [1.807, 2.05) is 32.9 Å². The van der Waals surface area contributed by atoms with Gasteiger partial charge < -0.3 is 10.6 Å². The highest BCUT2D eigenvalue weighted by Crippen LogP contribution is 2.31. The summed E-state index contributed by atoms with van der Waals surface area (Å²) in [4.78, 5) is 54.0. The fraction of sp³-hybridized carbons (Fsp3) is 0.514. The molecular formula is C37H46F2N8O3. The number of alkyl halides is 2. The molecule has 266 valence electrons. The van der Waals surface area contributed by atoms with Gasteiger partial charge in [-0.15, -0.1) is 10.2 Å². The number of nitrogens with one attached hydrogen (secondary N) is 2. The van der Waals surface area contributed by atoms with Gasteiger partial charge in [0.15, 0.2) is 5.65 Å². The summed E-state index contributed by atoms with van der Waals surface area (Å²) in [6, 6.07) is 5.64. The standard InChI is InChI=1S/C37H46F2N8O3/c1-4-10-29-34-46-45-33(47(34)23-31(43-29)27-14-9-17-41-22-27)28(19-26-13-8-16-40-21-26)35(49)44-30(20-25-11-6-5-7-12-25)32(48)37(38,39)36(50)42-18-15-24(2)3/h8-9,13-14,16-17,21-25,28,30H,4-7,10-12,15,18-20H2,1-3H3,(H,42,50)(H,44,49)/t28?,30-/m0/s1. The summed E-state index contributed by atoms with van der Waals surface area (Å²) >= 11 is 0. The predicted octanol–water partition coefficient (Wildman–Crippen LogP) is 5.68. The zero-order valence-electron chi connectivity index (χ0n) is 28.9. The molecule has 0 aromatic carbocycles. The van der Waals surface area contributed by atoms with Crippen LogP contribution in [0.5, 0.6) is 0 Å². The molecule has 2 amide bonds. The molecule has 5 rings (SSSR count). The molecule has 0 aliphatic heterocycles. The largest absolute Gasteiger partial charge is 0.383 e. The Morgan fingerprint density at radius 1 is 1.02 bits per heavy atom. The molecule has 0 spiro atoms. The highest BCUT2D eigenvalue weighted by Gasteiger charge is 2.51. The number of Topliss-reactive ketones (excluding diaryl/α,β-unsaturated/α-hetero) is 1. The van der Waals surface area contributed by atoms with Crippen molar-refractivity contribution in [2.24, 2.45) is 11.8 Å². The van der Waals surface area contributed by atoms with Gasteiger partial charge in [0.2, 0.25) is 11.7 Å². The third kappa shape index (κ3) is 8.91. The van der Waals surface area contributed by atoms with E-state index in [0.29, 0.717) is 35.4 Å². The van der Waals surface area contributed by atoms with Crippen LogP contribution < -0.4 is 10.6 Å². The van der Waals surface area contributed by atoms with E-state index in [-0.39, 0.29) is 37.0 Å². The lowest BCUT2D eigenvalue weighted by atomic mass is 9.83. The fourth-order valence-corrected chi connectivity index (χ4v) is 6.50.